The Balaban J connectivity index is 0.00000392. The van der Waals surface area contributed by atoms with Crippen molar-refractivity contribution in [3.8, 4) is 17.2 Å². The first-order valence-electron chi connectivity index (χ1n) is 8.67. The number of aliphatic imine (C=N–C) groups is 1. The minimum atomic E-state index is -0.268. The summed E-state index contributed by atoms with van der Waals surface area (Å²) in [5.41, 5.74) is 1.70. The van der Waals surface area contributed by atoms with Crippen molar-refractivity contribution in [3.05, 3.63) is 53.3 Å². The summed E-state index contributed by atoms with van der Waals surface area (Å²) >= 11 is 0. The van der Waals surface area contributed by atoms with E-state index in [4.69, 9.17) is 14.2 Å². The number of hydrogen-bond acceptors (Lipinski definition) is 4. The maximum absolute atomic E-state index is 13.3. The number of ether oxygens (including phenoxy) is 3. The standard InChI is InChI=1S/C20H26FN3O3.HI/c1-5-22-20(23-12-14-7-6-8-16(21)11-14)24-13-15-9-10-17(25-2)19(27-4)18(15)26-3;/h6-11H,5,12-13H2,1-4H3,(H2,22,23,24);1H. The molecule has 0 heterocycles. The second-order valence-corrected chi connectivity index (χ2v) is 5.67. The summed E-state index contributed by atoms with van der Waals surface area (Å²) in [6.45, 7) is 3.53. The molecule has 0 atom stereocenters. The molecule has 0 saturated carbocycles. The van der Waals surface area contributed by atoms with Crippen molar-refractivity contribution in [1.82, 2.24) is 10.6 Å². The molecule has 2 rings (SSSR count). The lowest BCUT2D eigenvalue weighted by atomic mass is 10.1. The van der Waals surface area contributed by atoms with Gasteiger partial charge in [-0.2, -0.15) is 0 Å². The molecule has 0 radical (unpaired) electrons. The zero-order valence-electron chi connectivity index (χ0n) is 16.5. The zero-order valence-corrected chi connectivity index (χ0v) is 18.9. The van der Waals surface area contributed by atoms with E-state index in [2.05, 4.69) is 15.6 Å². The SMILES string of the molecule is CCNC(=NCc1cccc(F)c1)NCc1ccc(OC)c(OC)c1OC.I. The fourth-order valence-corrected chi connectivity index (χ4v) is 2.63. The molecule has 0 aromatic heterocycles. The van der Waals surface area contributed by atoms with E-state index in [1.54, 1.807) is 27.4 Å². The van der Waals surface area contributed by atoms with Crippen molar-refractivity contribution in [1.29, 1.82) is 0 Å². The van der Waals surface area contributed by atoms with E-state index in [0.717, 1.165) is 11.1 Å². The van der Waals surface area contributed by atoms with Crippen molar-refractivity contribution >= 4 is 29.9 Å². The van der Waals surface area contributed by atoms with Crippen molar-refractivity contribution in [2.45, 2.75) is 20.0 Å². The molecule has 0 bridgehead atoms. The van der Waals surface area contributed by atoms with Gasteiger partial charge in [-0.05, 0) is 36.8 Å². The maximum Gasteiger partial charge on any atom is 0.203 e. The summed E-state index contributed by atoms with van der Waals surface area (Å²) in [4.78, 5) is 4.50. The van der Waals surface area contributed by atoms with Crippen LogP contribution in [0.4, 0.5) is 4.39 Å². The molecule has 2 aromatic rings. The lowest BCUT2D eigenvalue weighted by Gasteiger charge is -2.17. The van der Waals surface area contributed by atoms with Gasteiger partial charge in [0.05, 0.1) is 27.9 Å². The summed E-state index contributed by atoms with van der Waals surface area (Å²) in [6.07, 6.45) is 0. The van der Waals surface area contributed by atoms with Crippen LogP contribution in [0.1, 0.15) is 18.1 Å². The molecule has 0 unspecified atom stereocenters. The van der Waals surface area contributed by atoms with Crippen LogP contribution >= 0.6 is 24.0 Å². The minimum absolute atomic E-state index is 0. The number of nitrogens with zero attached hydrogens (tertiary/aromatic N) is 1. The molecule has 0 saturated heterocycles. The number of guanidine groups is 1. The normalized spacial score (nSPS) is 10.7. The molecule has 154 valence electrons. The van der Waals surface area contributed by atoms with E-state index >= 15 is 0 Å². The van der Waals surface area contributed by atoms with Gasteiger partial charge < -0.3 is 24.8 Å². The van der Waals surface area contributed by atoms with Crippen LogP contribution in [0.5, 0.6) is 17.2 Å². The van der Waals surface area contributed by atoms with Gasteiger partial charge in [0.25, 0.3) is 0 Å². The van der Waals surface area contributed by atoms with Crippen LogP contribution in [-0.4, -0.2) is 33.8 Å². The molecule has 28 heavy (non-hydrogen) atoms. The van der Waals surface area contributed by atoms with Crippen LogP contribution in [0.3, 0.4) is 0 Å². The number of rotatable bonds is 8. The number of halogens is 2. The third-order valence-corrected chi connectivity index (χ3v) is 3.89. The molecular formula is C20H27FIN3O3. The molecule has 0 fully saturated rings. The first-order chi connectivity index (χ1) is 13.1. The van der Waals surface area contributed by atoms with E-state index < -0.39 is 0 Å². The highest BCUT2D eigenvalue weighted by atomic mass is 127. The second kappa shape index (κ2) is 12.3. The Bertz CT molecular complexity index is 787. The number of benzene rings is 2. The molecule has 0 aliphatic carbocycles. The van der Waals surface area contributed by atoms with Gasteiger partial charge in [0.15, 0.2) is 17.5 Å². The summed E-state index contributed by atoms with van der Waals surface area (Å²) < 4.78 is 29.5. The monoisotopic (exact) mass is 503 g/mol. The van der Waals surface area contributed by atoms with Gasteiger partial charge in [-0.25, -0.2) is 9.38 Å². The van der Waals surface area contributed by atoms with Gasteiger partial charge in [-0.1, -0.05) is 12.1 Å². The zero-order chi connectivity index (χ0) is 19.6. The van der Waals surface area contributed by atoms with Crippen molar-refractivity contribution in [2.24, 2.45) is 4.99 Å². The van der Waals surface area contributed by atoms with Crippen LogP contribution in [-0.2, 0) is 13.1 Å². The third-order valence-electron chi connectivity index (χ3n) is 3.89. The highest BCUT2D eigenvalue weighted by Crippen LogP contribution is 2.39. The van der Waals surface area contributed by atoms with E-state index in [1.165, 1.54) is 12.1 Å². The predicted molar refractivity (Wildman–Crippen MR) is 120 cm³/mol. The lowest BCUT2D eigenvalue weighted by molar-refractivity contribution is 0.322. The van der Waals surface area contributed by atoms with E-state index in [0.29, 0.717) is 42.8 Å². The van der Waals surface area contributed by atoms with Gasteiger partial charge in [0.1, 0.15) is 5.82 Å². The van der Waals surface area contributed by atoms with Gasteiger partial charge in [-0.15, -0.1) is 24.0 Å². The van der Waals surface area contributed by atoms with Gasteiger partial charge in [0.2, 0.25) is 5.75 Å². The maximum atomic E-state index is 13.3. The predicted octanol–water partition coefficient (Wildman–Crippen LogP) is 3.72. The topological polar surface area (TPSA) is 64.1 Å². The highest BCUT2D eigenvalue weighted by molar-refractivity contribution is 14.0. The molecular weight excluding hydrogens is 476 g/mol. The average molecular weight is 503 g/mol. The third kappa shape index (κ3) is 6.43. The van der Waals surface area contributed by atoms with Crippen LogP contribution in [0.15, 0.2) is 41.4 Å². The summed E-state index contributed by atoms with van der Waals surface area (Å²) in [5, 5.41) is 6.43. The molecule has 2 aromatic carbocycles. The molecule has 0 aliphatic heterocycles. The largest absolute Gasteiger partial charge is 0.493 e. The molecule has 0 spiro atoms. The number of methoxy groups -OCH3 is 3. The molecule has 0 aliphatic rings. The fraction of sp³-hybridized carbons (Fsp3) is 0.350. The first-order valence-corrected chi connectivity index (χ1v) is 8.67. The van der Waals surface area contributed by atoms with Crippen LogP contribution in [0, 0.1) is 5.82 Å². The Morgan fingerprint density at radius 2 is 1.75 bits per heavy atom. The van der Waals surface area contributed by atoms with Gasteiger partial charge in [0, 0.05) is 18.7 Å². The van der Waals surface area contributed by atoms with Crippen molar-refractivity contribution in [2.75, 3.05) is 27.9 Å². The average Bonchev–Trinajstić information content (AvgIpc) is 2.69. The molecule has 2 N–H and O–H groups in total. The quantitative estimate of drug-likeness (QED) is 0.327. The van der Waals surface area contributed by atoms with Crippen LogP contribution < -0.4 is 24.8 Å². The van der Waals surface area contributed by atoms with Gasteiger partial charge >= 0.3 is 0 Å². The van der Waals surface area contributed by atoms with Crippen molar-refractivity contribution in [3.63, 3.8) is 0 Å². The Hall–Kier alpha value is -2.23. The highest BCUT2D eigenvalue weighted by Gasteiger charge is 2.15. The Morgan fingerprint density at radius 3 is 2.36 bits per heavy atom. The Morgan fingerprint density at radius 1 is 1.00 bits per heavy atom. The van der Waals surface area contributed by atoms with E-state index in [1.807, 2.05) is 25.1 Å². The minimum Gasteiger partial charge on any atom is -0.493 e. The van der Waals surface area contributed by atoms with E-state index in [9.17, 15) is 4.39 Å². The van der Waals surface area contributed by atoms with Crippen LogP contribution in [0.2, 0.25) is 0 Å². The summed E-state index contributed by atoms with van der Waals surface area (Å²) in [5.74, 6) is 2.10. The fourth-order valence-electron chi connectivity index (χ4n) is 2.63. The van der Waals surface area contributed by atoms with E-state index in [-0.39, 0.29) is 29.8 Å². The number of hydrogen-bond donors (Lipinski definition) is 2. The van der Waals surface area contributed by atoms with Gasteiger partial charge in [-0.3, -0.25) is 0 Å². The summed E-state index contributed by atoms with van der Waals surface area (Å²) in [6, 6.07) is 10.1. The molecule has 6 nitrogen and oxygen atoms in total. The van der Waals surface area contributed by atoms with Crippen LogP contribution in [0.25, 0.3) is 0 Å². The summed E-state index contributed by atoms with van der Waals surface area (Å²) in [7, 11) is 4.74. The Kier molecular flexibility index (Phi) is 10.4. The van der Waals surface area contributed by atoms with Crippen molar-refractivity contribution < 1.29 is 18.6 Å². The second-order valence-electron chi connectivity index (χ2n) is 5.67. The lowest BCUT2D eigenvalue weighted by Crippen LogP contribution is -2.36. The molecule has 0 amide bonds. The Labute approximate surface area is 182 Å². The smallest absolute Gasteiger partial charge is 0.203 e. The first kappa shape index (κ1) is 23.8. The number of nitrogens with one attached hydrogen (secondary N) is 2. The molecule has 8 heteroatoms.